The Morgan fingerprint density at radius 3 is 2.86 bits per heavy atom. The molecule has 8 nitrogen and oxygen atoms in total. The highest BCUT2D eigenvalue weighted by molar-refractivity contribution is 5.90. The maximum Gasteiger partial charge on any atom is 0.341 e. The second-order valence-corrected chi connectivity index (χ2v) is 4.83. The lowest BCUT2D eigenvalue weighted by Crippen LogP contribution is -2.27. The molecule has 0 saturated carbocycles. The van der Waals surface area contributed by atoms with E-state index in [0.29, 0.717) is 30.0 Å². The van der Waals surface area contributed by atoms with Crippen molar-refractivity contribution < 1.29 is 18.7 Å². The van der Waals surface area contributed by atoms with Crippen LogP contribution in [0, 0.1) is 6.92 Å². The maximum absolute atomic E-state index is 12.1. The van der Waals surface area contributed by atoms with E-state index in [9.17, 15) is 9.59 Å². The van der Waals surface area contributed by atoms with Crippen LogP contribution in [0.25, 0.3) is 0 Å². The molecule has 2 heterocycles. The number of carbonyl (C=O) groups excluding carboxylic acids is 2. The number of furan rings is 1. The van der Waals surface area contributed by atoms with Crippen LogP contribution >= 0.6 is 0 Å². The number of carbonyl (C=O) groups is 2. The predicted octanol–water partition coefficient (Wildman–Crippen LogP) is 1.01. The first-order valence-corrected chi connectivity index (χ1v) is 6.75. The Bertz CT molecular complexity index is 648. The van der Waals surface area contributed by atoms with Crippen LogP contribution in [0.3, 0.4) is 0 Å². The van der Waals surface area contributed by atoms with Gasteiger partial charge < -0.3 is 14.1 Å². The van der Waals surface area contributed by atoms with E-state index in [1.54, 1.807) is 31.0 Å². The van der Waals surface area contributed by atoms with Gasteiger partial charge in [-0.05, 0) is 13.0 Å². The van der Waals surface area contributed by atoms with Gasteiger partial charge in [0, 0.05) is 13.5 Å². The van der Waals surface area contributed by atoms with E-state index < -0.39 is 5.97 Å². The van der Waals surface area contributed by atoms with Crippen molar-refractivity contribution in [1.29, 1.82) is 0 Å². The van der Waals surface area contributed by atoms with Crippen LogP contribution in [0.1, 0.15) is 28.3 Å². The molecule has 0 bridgehead atoms. The fourth-order valence-electron chi connectivity index (χ4n) is 2.01. The molecule has 0 aliphatic rings. The number of nitrogens with zero attached hydrogens (tertiary/aromatic N) is 4. The Morgan fingerprint density at radius 2 is 2.23 bits per heavy atom. The van der Waals surface area contributed by atoms with Crippen LogP contribution in [0.15, 0.2) is 23.1 Å². The van der Waals surface area contributed by atoms with E-state index in [2.05, 4.69) is 14.8 Å². The highest BCUT2D eigenvalue weighted by Crippen LogP contribution is 2.17. The summed E-state index contributed by atoms with van der Waals surface area (Å²) >= 11 is 0. The van der Waals surface area contributed by atoms with Gasteiger partial charge in [-0.2, -0.15) is 5.10 Å². The van der Waals surface area contributed by atoms with E-state index in [1.807, 2.05) is 0 Å². The van der Waals surface area contributed by atoms with Crippen molar-refractivity contribution in [1.82, 2.24) is 19.7 Å². The fourth-order valence-corrected chi connectivity index (χ4v) is 2.01. The van der Waals surface area contributed by atoms with Crippen LogP contribution in [-0.2, 0) is 22.6 Å². The molecular formula is C14H18N4O4. The van der Waals surface area contributed by atoms with Gasteiger partial charge in [-0.15, -0.1) is 0 Å². The minimum atomic E-state index is -0.451. The number of hydrogen-bond acceptors (Lipinski definition) is 6. The summed E-state index contributed by atoms with van der Waals surface area (Å²) in [5.74, 6) is 0.511. The Labute approximate surface area is 127 Å². The van der Waals surface area contributed by atoms with E-state index in [0.717, 1.165) is 0 Å². The van der Waals surface area contributed by atoms with Crippen molar-refractivity contribution >= 4 is 11.9 Å². The normalized spacial score (nSPS) is 10.5. The number of amides is 1. The molecule has 118 valence electrons. The number of aryl methyl sites for hydroxylation is 2. The standard InChI is InChI=1S/C14H18N4O4/c1-10-12(14(20)21-3)6-11(22-10)7-17(2)13(19)4-5-18-9-15-8-16-18/h6,8-9H,4-5,7H2,1-3H3. The third kappa shape index (κ3) is 3.72. The summed E-state index contributed by atoms with van der Waals surface area (Å²) < 4.78 is 11.7. The van der Waals surface area contributed by atoms with Crippen molar-refractivity contribution in [2.75, 3.05) is 14.2 Å². The molecular weight excluding hydrogens is 288 g/mol. The first kappa shape index (κ1) is 15.7. The molecule has 8 heteroatoms. The lowest BCUT2D eigenvalue weighted by atomic mass is 10.2. The van der Waals surface area contributed by atoms with Gasteiger partial charge in [0.15, 0.2) is 0 Å². The Balaban J connectivity index is 1.92. The molecule has 0 saturated heterocycles. The molecule has 0 N–H and O–H groups in total. The molecule has 22 heavy (non-hydrogen) atoms. The van der Waals surface area contributed by atoms with Crippen LogP contribution < -0.4 is 0 Å². The van der Waals surface area contributed by atoms with E-state index in [1.165, 1.54) is 18.3 Å². The van der Waals surface area contributed by atoms with Crippen LogP contribution in [0.4, 0.5) is 0 Å². The van der Waals surface area contributed by atoms with Gasteiger partial charge in [0.2, 0.25) is 5.91 Å². The molecule has 2 aromatic heterocycles. The summed E-state index contributed by atoms with van der Waals surface area (Å²) in [4.78, 5) is 28.9. The first-order valence-electron chi connectivity index (χ1n) is 6.75. The zero-order valence-corrected chi connectivity index (χ0v) is 12.8. The Kier molecular flexibility index (Phi) is 4.92. The van der Waals surface area contributed by atoms with Gasteiger partial charge in [-0.25, -0.2) is 9.78 Å². The van der Waals surface area contributed by atoms with Crippen LogP contribution in [0.5, 0.6) is 0 Å². The van der Waals surface area contributed by atoms with Crippen LogP contribution in [0.2, 0.25) is 0 Å². The summed E-state index contributed by atoms with van der Waals surface area (Å²) in [5, 5.41) is 3.94. The average molecular weight is 306 g/mol. The molecule has 0 aliphatic heterocycles. The van der Waals surface area contributed by atoms with Crippen molar-refractivity contribution in [3.8, 4) is 0 Å². The second kappa shape index (κ2) is 6.88. The monoisotopic (exact) mass is 306 g/mol. The highest BCUT2D eigenvalue weighted by atomic mass is 16.5. The summed E-state index contributed by atoms with van der Waals surface area (Å²) in [6.07, 6.45) is 3.30. The second-order valence-electron chi connectivity index (χ2n) is 4.83. The number of aromatic nitrogens is 3. The molecule has 2 rings (SSSR count). The van der Waals surface area contributed by atoms with E-state index in [-0.39, 0.29) is 12.5 Å². The molecule has 0 fully saturated rings. The lowest BCUT2D eigenvalue weighted by molar-refractivity contribution is -0.130. The molecule has 0 unspecified atom stereocenters. The molecule has 0 spiro atoms. The lowest BCUT2D eigenvalue weighted by Gasteiger charge is -2.15. The van der Waals surface area contributed by atoms with Crippen molar-refractivity contribution in [3.63, 3.8) is 0 Å². The molecule has 0 aliphatic carbocycles. The average Bonchev–Trinajstić information content (AvgIpc) is 3.13. The highest BCUT2D eigenvalue weighted by Gasteiger charge is 2.17. The quantitative estimate of drug-likeness (QED) is 0.740. The van der Waals surface area contributed by atoms with Crippen molar-refractivity contribution in [2.45, 2.75) is 26.4 Å². The molecule has 0 radical (unpaired) electrons. The smallest absolute Gasteiger partial charge is 0.341 e. The Hall–Kier alpha value is -2.64. The summed E-state index contributed by atoms with van der Waals surface area (Å²) in [6, 6.07) is 1.60. The summed E-state index contributed by atoms with van der Waals surface area (Å²) in [5.41, 5.74) is 0.376. The maximum atomic E-state index is 12.1. The third-order valence-corrected chi connectivity index (χ3v) is 3.21. The van der Waals surface area contributed by atoms with Crippen molar-refractivity contribution in [2.24, 2.45) is 0 Å². The molecule has 1 amide bonds. The number of methoxy groups -OCH3 is 1. The minimum absolute atomic E-state index is 0.0517. The third-order valence-electron chi connectivity index (χ3n) is 3.21. The molecule has 0 atom stereocenters. The number of rotatable bonds is 6. The zero-order valence-electron chi connectivity index (χ0n) is 12.8. The number of esters is 1. The molecule has 2 aromatic rings. The minimum Gasteiger partial charge on any atom is -0.465 e. The summed E-state index contributed by atoms with van der Waals surface area (Å²) in [7, 11) is 2.99. The molecule has 0 aromatic carbocycles. The van der Waals surface area contributed by atoms with Crippen LogP contribution in [-0.4, -0.2) is 45.7 Å². The first-order chi connectivity index (χ1) is 10.5. The topological polar surface area (TPSA) is 90.5 Å². The van der Waals surface area contributed by atoms with E-state index >= 15 is 0 Å². The summed E-state index contributed by atoms with van der Waals surface area (Å²) in [6.45, 7) is 2.43. The van der Waals surface area contributed by atoms with Gasteiger partial charge in [-0.1, -0.05) is 0 Å². The van der Waals surface area contributed by atoms with Gasteiger partial charge in [0.05, 0.1) is 20.2 Å². The van der Waals surface area contributed by atoms with Gasteiger partial charge in [0.1, 0.15) is 29.7 Å². The van der Waals surface area contributed by atoms with Gasteiger partial charge >= 0.3 is 5.97 Å². The fraction of sp³-hybridized carbons (Fsp3) is 0.429. The number of hydrogen-bond donors (Lipinski definition) is 0. The SMILES string of the molecule is COC(=O)c1cc(CN(C)C(=O)CCn2cncn2)oc1C. The Morgan fingerprint density at radius 1 is 1.45 bits per heavy atom. The predicted molar refractivity (Wildman–Crippen MR) is 75.9 cm³/mol. The van der Waals surface area contributed by atoms with Gasteiger partial charge in [-0.3, -0.25) is 9.48 Å². The largest absolute Gasteiger partial charge is 0.465 e. The zero-order chi connectivity index (χ0) is 16.1. The van der Waals surface area contributed by atoms with Gasteiger partial charge in [0.25, 0.3) is 0 Å². The van der Waals surface area contributed by atoms with Crippen molar-refractivity contribution in [3.05, 3.63) is 35.8 Å². The number of ether oxygens (including phenoxy) is 1. The van der Waals surface area contributed by atoms with E-state index in [4.69, 9.17) is 4.42 Å².